The van der Waals surface area contributed by atoms with Crippen molar-refractivity contribution in [2.45, 2.75) is 6.04 Å². The summed E-state index contributed by atoms with van der Waals surface area (Å²) in [6, 6.07) is -1.15. The lowest BCUT2D eigenvalue weighted by Gasteiger charge is -2.09. The topological polar surface area (TPSA) is 100 Å². The summed E-state index contributed by atoms with van der Waals surface area (Å²) in [5, 5.41) is 1.18. The van der Waals surface area contributed by atoms with Gasteiger partial charge in [0.1, 0.15) is 0 Å². The van der Waals surface area contributed by atoms with Gasteiger partial charge in [-0.2, -0.15) is 13.4 Å². The Balaban J connectivity index is 2.47. The van der Waals surface area contributed by atoms with Crippen LogP contribution in [0.25, 0.3) is 0 Å². The van der Waals surface area contributed by atoms with Gasteiger partial charge in [0.05, 0.1) is 6.34 Å². The van der Waals surface area contributed by atoms with Gasteiger partial charge in [-0.3, -0.25) is 4.79 Å². The molecule has 1 atom stereocenters. The lowest BCUT2D eigenvalue weighted by atomic mass is 10.2. The summed E-state index contributed by atoms with van der Waals surface area (Å²) in [5.41, 5.74) is 0. The Labute approximate surface area is 77.7 Å². The van der Waals surface area contributed by atoms with Crippen molar-refractivity contribution in [3.8, 4) is 0 Å². The van der Waals surface area contributed by atoms with Crippen molar-refractivity contribution in [3.05, 3.63) is 0 Å². The smallest absolute Gasteiger partial charge is 0.314 e. The van der Waals surface area contributed by atoms with Crippen LogP contribution in [0.2, 0.25) is 0 Å². The molecule has 14 heavy (non-hydrogen) atoms. The van der Waals surface area contributed by atoms with E-state index >= 15 is 0 Å². The van der Waals surface area contributed by atoms with Crippen molar-refractivity contribution in [1.29, 1.82) is 0 Å². The van der Waals surface area contributed by atoms with Crippen LogP contribution in [-0.2, 0) is 15.0 Å². The third-order valence-corrected chi connectivity index (χ3v) is 2.20. The first-order chi connectivity index (χ1) is 6.48. The van der Waals surface area contributed by atoms with Crippen LogP contribution in [0.4, 0.5) is 3.89 Å². The molecule has 0 spiro atoms. The molecule has 0 bridgehead atoms. The van der Waals surface area contributed by atoms with Gasteiger partial charge in [0, 0.05) is 0 Å². The zero-order chi connectivity index (χ0) is 10.3. The van der Waals surface area contributed by atoms with Gasteiger partial charge < -0.3 is 5.32 Å². The summed E-state index contributed by atoms with van der Waals surface area (Å²) in [6.45, 7) is 0. The van der Waals surface area contributed by atoms with Crippen LogP contribution in [0.1, 0.15) is 0 Å². The molecule has 0 saturated carbocycles. The van der Waals surface area contributed by atoms with E-state index in [4.69, 9.17) is 0 Å². The van der Waals surface area contributed by atoms with E-state index in [9.17, 15) is 17.1 Å². The van der Waals surface area contributed by atoms with Crippen molar-refractivity contribution in [2.75, 3.05) is 0 Å². The normalized spacial score (nSPS) is 25.2. The van der Waals surface area contributed by atoms with Crippen LogP contribution in [-0.4, -0.2) is 37.7 Å². The molecule has 0 radical (unpaired) electrons. The van der Waals surface area contributed by atoms with Gasteiger partial charge in [0.25, 0.3) is 11.1 Å². The van der Waals surface area contributed by atoms with Crippen LogP contribution in [0.3, 0.4) is 0 Å². The van der Waals surface area contributed by atoms with Gasteiger partial charge >= 0.3 is 10.2 Å². The Hall–Kier alpha value is -1.64. The Kier molecular flexibility index (Phi) is 1.71. The van der Waals surface area contributed by atoms with Gasteiger partial charge in [-0.1, -0.05) is 3.89 Å². The third-order valence-electron chi connectivity index (χ3n) is 1.56. The fourth-order valence-electron chi connectivity index (χ4n) is 0.990. The second-order valence-corrected chi connectivity index (χ2v) is 3.73. The highest BCUT2D eigenvalue weighted by Gasteiger charge is 2.35. The predicted molar refractivity (Wildman–Crippen MR) is 45.3 cm³/mol. The molecule has 1 amide bonds. The molecule has 2 heterocycles. The molecule has 0 saturated heterocycles. The summed E-state index contributed by atoms with van der Waals surface area (Å²) in [4.78, 5) is 21.2. The molecule has 2 aliphatic rings. The predicted octanol–water partition coefficient (Wildman–Crippen LogP) is -1.42. The second-order valence-electron chi connectivity index (χ2n) is 2.49. The Bertz CT molecular complexity index is 491. The third kappa shape index (κ3) is 1.31. The molecule has 0 aliphatic carbocycles. The second kappa shape index (κ2) is 2.67. The van der Waals surface area contributed by atoms with Gasteiger partial charge in [-0.15, -0.1) is 0 Å². The highest BCUT2D eigenvalue weighted by atomic mass is 32.3. The maximum Gasteiger partial charge on any atom is 0.367 e. The summed E-state index contributed by atoms with van der Waals surface area (Å²) in [6.07, 6.45) is 1.04. The van der Waals surface area contributed by atoms with Crippen LogP contribution in [0.5, 0.6) is 0 Å². The molecular formula is C5H3FN4O3S. The SMILES string of the molecule is O=C1NC=NC2=NC(S(=O)(=O)F)=NC12. The molecule has 1 N–H and O–H groups in total. The lowest BCUT2D eigenvalue weighted by molar-refractivity contribution is -0.119. The fourth-order valence-corrected chi connectivity index (χ4v) is 1.42. The quantitative estimate of drug-likeness (QED) is 0.505. The van der Waals surface area contributed by atoms with Gasteiger partial charge in [0.15, 0.2) is 11.9 Å². The number of nitrogens with zero attached hydrogens (tertiary/aromatic N) is 3. The maximum atomic E-state index is 12.4. The molecule has 2 rings (SSSR count). The molecule has 1 unspecified atom stereocenters. The van der Waals surface area contributed by atoms with Gasteiger partial charge in [-0.05, 0) is 0 Å². The number of rotatable bonds is 0. The number of amides is 1. The Morgan fingerprint density at radius 1 is 1.50 bits per heavy atom. The highest BCUT2D eigenvalue weighted by Crippen LogP contribution is 2.13. The molecule has 0 aromatic heterocycles. The zero-order valence-corrected chi connectivity index (χ0v) is 7.32. The number of amidine groups is 2. The Morgan fingerprint density at radius 2 is 2.21 bits per heavy atom. The van der Waals surface area contributed by atoms with Crippen molar-refractivity contribution < 1.29 is 17.1 Å². The van der Waals surface area contributed by atoms with E-state index in [1.165, 1.54) is 0 Å². The van der Waals surface area contributed by atoms with E-state index in [-0.39, 0.29) is 5.84 Å². The molecule has 7 nitrogen and oxygen atoms in total. The van der Waals surface area contributed by atoms with Crippen LogP contribution in [0.15, 0.2) is 15.0 Å². The maximum absolute atomic E-state index is 12.4. The fraction of sp³-hybridized carbons (Fsp3) is 0.200. The molecule has 9 heteroatoms. The van der Waals surface area contributed by atoms with E-state index in [0.29, 0.717) is 0 Å². The molecule has 2 aliphatic heterocycles. The van der Waals surface area contributed by atoms with Crippen LogP contribution in [0, 0.1) is 0 Å². The number of carbonyl (C=O) groups is 1. The van der Waals surface area contributed by atoms with E-state index in [2.05, 4.69) is 20.3 Å². The monoisotopic (exact) mass is 218 g/mol. The first-order valence-corrected chi connectivity index (χ1v) is 4.81. The van der Waals surface area contributed by atoms with Gasteiger partial charge in [-0.25, -0.2) is 9.98 Å². The van der Waals surface area contributed by atoms with E-state index < -0.39 is 27.3 Å². The van der Waals surface area contributed by atoms with E-state index in [0.717, 1.165) is 6.34 Å². The number of hydrogen-bond acceptors (Lipinski definition) is 6. The summed E-state index contributed by atoms with van der Waals surface area (Å²) >= 11 is 0. The number of carbonyl (C=O) groups excluding carboxylic acids is 1. The molecular weight excluding hydrogens is 215 g/mol. The van der Waals surface area contributed by atoms with E-state index in [1.54, 1.807) is 0 Å². The number of fused-ring (bicyclic) bond motifs is 1. The minimum atomic E-state index is -4.98. The summed E-state index contributed by atoms with van der Waals surface area (Å²) in [5.74, 6) is -0.706. The van der Waals surface area contributed by atoms with Crippen molar-refractivity contribution in [2.24, 2.45) is 15.0 Å². The van der Waals surface area contributed by atoms with Crippen molar-refractivity contribution in [1.82, 2.24) is 5.32 Å². The highest BCUT2D eigenvalue weighted by molar-refractivity contribution is 8.02. The summed E-state index contributed by atoms with van der Waals surface area (Å²) in [7, 11) is -4.98. The number of aliphatic imine (C=N–C) groups is 3. The number of nitrogens with one attached hydrogen (secondary N) is 1. The first-order valence-electron chi connectivity index (χ1n) is 3.42. The van der Waals surface area contributed by atoms with Crippen LogP contribution >= 0.6 is 0 Å². The lowest BCUT2D eigenvalue weighted by Crippen LogP contribution is -2.40. The first kappa shape index (κ1) is 8.94. The minimum Gasteiger partial charge on any atom is -0.314 e. The van der Waals surface area contributed by atoms with Crippen molar-refractivity contribution >= 4 is 33.5 Å². The molecule has 0 aromatic carbocycles. The number of hydrogen-bond donors (Lipinski definition) is 1. The minimum absolute atomic E-state index is 0.120. The van der Waals surface area contributed by atoms with Crippen molar-refractivity contribution in [3.63, 3.8) is 0 Å². The number of halogens is 1. The average Bonchev–Trinajstić information content (AvgIpc) is 2.48. The van der Waals surface area contributed by atoms with E-state index in [1.807, 2.05) is 0 Å². The molecule has 74 valence electrons. The largest absolute Gasteiger partial charge is 0.367 e. The molecule has 0 aromatic rings. The zero-order valence-electron chi connectivity index (χ0n) is 6.51. The molecule has 0 fully saturated rings. The Morgan fingerprint density at radius 3 is 2.79 bits per heavy atom. The standard InChI is InChI=1S/C5H3FN4O3S/c6-14(12,13)5-9-2-3(10-5)7-1-8-4(2)11/h1-2H,(H,7,8,9,10,11). The van der Waals surface area contributed by atoms with Gasteiger partial charge in [0.2, 0.25) is 0 Å². The summed E-state index contributed by atoms with van der Waals surface area (Å²) < 4.78 is 33.2. The van der Waals surface area contributed by atoms with Crippen LogP contribution < -0.4 is 5.32 Å². The average molecular weight is 218 g/mol.